The first kappa shape index (κ1) is 20.5. The fraction of sp³-hybridized carbons (Fsp3) is 0.292. The second kappa shape index (κ2) is 7.62. The van der Waals surface area contributed by atoms with Gasteiger partial charge in [0.1, 0.15) is 0 Å². The predicted octanol–water partition coefficient (Wildman–Crippen LogP) is 5.19. The van der Waals surface area contributed by atoms with Crippen molar-refractivity contribution in [1.29, 1.82) is 0 Å². The van der Waals surface area contributed by atoms with E-state index in [1.165, 1.54) is 25.0 Å². The standard InChI is InChI=1S/C24H23ClN2O3S/c25-18-9-5-15(6-10-18)22-20(13-14-1-2-14)21(24(28)17-3-4-17)23(27-22)16-7-11-19(12-8-16)31(26,29)30/h5-12,14,17,27H,1-4,13H2,(H2,26,29,30). The van der Waals surface area contributed by atoms with Crippen molar-refractivity contribution < 1.29 is 13.2 Å². The van der Waals surface area contributed by atoms with Crippen LogP contribution in [-0.4, -0.2) is 19.2 Å². The molecule has 0 saturated heterocycles. The number of Topliss-reactive ketones (excluding diaryl/α,β-unsaturated/α-hetero) is 1. The van der Waals surface area contributed by atoms with Crippen LogP contribution in [0.5, 0.6) is 0 Å². The van der Waals surface area contributed by atoms with Crippen molar-refractivity contribution >= 4 is 27.4 Å². The Morgan fingerprint density at radius 2 is 1.52 bits per heavy atom. The largest absolute Gasteiger partial charge is 0.354 e. The number of carbonyl (C=O) groups excluding carboxylic acids is 1. The molecule has 0 amide bonds. The fourth-order valence-corrected chi connectivity index (χ4v) is 4.71. The second-order valence-electron chi connectivity index (χ2n) is 8.59. The summed E-state index contributed by atoms with van der Waals surface area (Å²) in [5.41, 5.74) is 5.26. The highest BCUT2D eigenvalue weighted by Crippen LogP contribution is 2.44. The van der Waals surface area contributed by atoms with Crippen molar-refractivity contribution in [3.05, 3.63) is 64.7 Å². The van der Waals surface area contributed by atoms with Crippen molar-refractivity contribution in [2.75, 3.05) is 0 Å². The normalized spacial score (nSPS) is 16.5. The van der Waals surface area contributed by atoms with Gasteiger partial charge in [-0.1, -0.05) is 35.9 Å². The van der Waals surface area contributed by atoms with Gasteiger partial charge in [0.05, 0.1) is 10.6 Å². The van der Waals surface area contributed by atoms with E-state index in [-0.39, 0.29) is 16.6 Å². The molecule has 5 rings (SSSR count). The van der Waals surface area contributed by atoms with Crippen molar-refractivity contribution in [3.8, 4) is 22.5 Å². The summed E-state index contributed by atoms with van der Waals surface area (Å²) in [6.07, 6.45) is 5.07. The van der Waals surface area contributed by atoms with Crippen LogP contribution in [0.4, 0.5) is 0 Å². The minimum Gasteiger partial charge on any atom is -0.354 e. The SMILES string of the molecule is NS(=O)(=O)c1ccc(-c2[nH]c(-c3ccc(Cl)cc3)c(CC3CC3)c2C(=O)C2CC2)cc1. The third kappa shape index (κ3) is 4.20. The lowest BCUT2D eigenvalue weighted by Gasteiger charge is -2.08. The van der Waals surface area contributed by atoms with Gasteiger partial charge in [0.25, 0.3) is 0 Å². The molecule has 2 fully saturated rings. The van der Waals surface area contributed by atoms with Gasteiger partial charge in [0.15, 0.2) is 5.78 Å². The van der Waals surface area contributed by atoms with Gasteiger partial charge >= 0.3 is 0 Å². The molecule has 0 atom stereocenters. The minimum absolute atomic E-state index is 0.0500. The first-order valence-electron chi connectivity index (χ1n) is 10.5. The lowest BCUT2D eigenvalue weighted by Crippen LogP contribution is -2.11. The molecule has 31 heavy (non-hydrogen) atoms. The number of benzene rings is 2. The zero-order chi connectivity index (χ0) is 21.8. The van der Waals surface area contributed by atoms with Crippen LogP contribution in [0.2, 0.25) is 5.02 Å². The third-order valence-corrected chi connectivity index (χ3v) is 7.27. The highest BCUT2D eigenvalue weighted by atomic mass is 35.5. The molecule has 7 heteroatoms. The molecule has 160 valence electrons. The summed E-state index contributed by atoms with van der Waals surface area (Å²) in [5.74, 6) is 0.858. The number of hydrogen-bond donors (Lipinski definition) is 2. The maximum absolute atomic E-state index is 13.4. The number of sulfonamides is 1. The monoisotopic (exact) mass is 454 g/mol. The van der Waals surface area contributed by atoms with Crippen LogP contribution in [0.25, 0.3) is 22.5 Å². The van der Waals surface area contributed by atoms with Crippen molar-refractivity contribution in [2.45, 2.75) is 37.0 Å². The molecular formula is C24H23ClN2O3S. The zero-order valence-corrected chi connectivity index (χ0v) is 18.5. The van der Waals surface area contributed by atoms with Gasteiger partial charge in [-0.2, -0.15) is 0 Å². The third-order valence-electron chi connectivity index (χ3n) is 6.09. The van der Waals surface area contributed by atoms with Gasteiger partial charge in [0, 0.05) is 22.2 Å². The Bertz CT molecular complexity index is 1250. The number of rotatable bonds is 7. The van der Waals surface area contributed by atoms with E-state index < -0.39 is 10.0 Å². The lowest BCUT2D eigenvalue weighted by molar-refractivity contribution is 0.0967. The molecule has 2 aliphatic rings. The first-order chi connectivity index (χ1) is 14.8. The van der Waals surface area contributed by atoms with Crippen LogP contribution in [0.15, 0.2) is 53.4 Å². The van der Waals surface area contributed by atoms with Gasteiger partial charge in [-0.25, -0.2) is 13.6 Å². The number of aromatic nitrogens is 1. The quantitative estimate of drug-likeness (QED) is 0.481. The number of aromatic amines is 1. The highest BCUT2D eigenvalue weighted by Gasteiger charge is 2.37. The number of carbonyl (C=O) groups is 1. The molecule has 0 bridgehead atoms. The van der Waals surface area contributed by atoms with E-state index in [9.17, 15) is 13.2 Å². The Labute approximate surface area is 186 Å². The van der Waals surface area contributed by atoms with E-state index >= 15 is 0 Å². The van der Waals surface area contributed by atoms with E-state index in [0.717, 1.165) is 52.9 Å². The lowest BCUT2D eigenvalue weighted by atomic mass is 9.93. The molecule has 2 aliphatic carbocycles. The molecule has 0 aliphatic heterocycles. The Balaban J connectivity index is 1.69. The van der Waals surface area contributed by atoms with Crippen LogP contribution < -0.4 is 5.14 Å². The van der Waals surface area contributed by atoms with Crippen LogP contribution in [-0.2, 0) is 16.4 Å². The van der Waals surface area contributed by atoms with Crippen LogP contribution in [0.1, 0.15) is 41.6 Å². The van der Waals surface area contributed by atoms with Gasteiger partial charge < -0.3 is 4.98 Å². The van der Waals surface area contributed by atoms with E-state index in [2.05, 4.69) is 4.98 Å². The molecule has 0 unspecified atom stereocenters. The van der Waals surface area contributed by atoms with Crippen LogP contribution in [0, 0.1) is 11.8 Å². The van der Waals surface area contributed by atoms with Crippen molar-refractivity contribution in [2.24, 2.45) is 17.0 Å². The van der Waals surface area contributed by atoms with E-state index in [4.69, 9.17) is 16.7 Å². The average Bonchev–Trinajstić information content (AvgIpc) is 3.65. The molecule has 1 heterocycles. The summed E-state index contributed by atoms with van der Waals surface area (Å²) < 4.78 is 23.3. The van der Waals surface area contributed by atoms with E-state index in [1.54, 1.807) is 12.1 Å². The summed E-state index contributed by atoms with van der Waals surface area (Å²) in [4.78, 5) is 17.0. The number of nitrogens with two attached hydrogens (primary N) is 1. The summed E-state index contributed by atoms with van der Waals surface area (Å²) in [6.45, 7) is 0. The summed E-state index contributed by atoms with van der Waals surface area (Å²) >= 11 is 6.09. The van der Waals surface area contributed by atoms with Crippen molar-refractivity contribution in [1.82, 2.24) is 4.98 Å². The number of primary sulfonamides is 1. The van der Waals surface area contributed by atoms with E-state index in [1.807, 2.05) is 24.3 Å². The first-order valence-corrected chi connectivity index (χ1v) is 12.4. The number of halogens is 1. The highest BCUT2D eigenvalue weighted by molar-refractivity contribution is 7.89. The number of nitrogens with one attached hydrogen (secondary N) is 1. The molecule has 0 spiro atoms. The average molecular weight is 455 g/mol. The topological polar surface area (TPSA) is 93.0 Å². The Morgan fingerprint density at radius 3 is 2.06 bits per heavy atom. The number of H-pyrrole nitrogens is 1. The number of hydrogen-bond acceptors (Lipinski definition) is 3. The van der Waals surface area contributed by atoms with Gasteiger partial charge in [-0.3, -0.25) is 4.79 Å². The van der Waals surface area contributed by atoms with Crippen LogP contribution in [0.3, 0.4) is 0 Å². The van der Waals surface area contributed by atoms with Gasteiger partial charge in [-0.15, -0.1) is 0 Å². The molecule has 2 aromatic carbocycles. The maximum atomic E-state index is 13.4. The molecule has 0 radical (unpaired) electrons. The summed E-state index contributed by atoms with van der Waals surface area (Å²) in [6, 6.07) is 14.0. The Morgan fingerprint density at radius 1 is 0.935 bits per heavy atom. The van der Waals surface area contributed by atoms with Gasteiger partial charge in [-0.05, 0) is 79.0 Å². The van der Waals surface area contributed by atoms with E-state index in [0.29, 0.717) is 10.9 Å². The Hall–Kier alpha value is -2.41. The molecule has 3 N–H and O–H groups in total. The smallest absolute Gasteiger partial charge is 0.238 e. The molecule has 2 saturated carbocycles. The molecular weight excluding hydrogens is 432 g/mol. The predicted molar refractivity (Wildman–Crippen MR) is 122 cm³/mol. The maximum Gasteiger partial charge on any atom is 0.238 e. The molecule has 5 nitrogen and oxygen atoms in total. The van der Waals surface area contributed by atoms with Crippen LogP contribution >= 0.6 is 11.6 Å². The zero-order valence-electron chi connectivity index (χ0n) is 16.9. The molecule has 3 aromatic rings. The minimum atomic E-state index is -3.78. The van der Waals surface area contributed by atoms with Crippen molar-refractivity contribution in [3.63, 3.8) is 0 Å². The Kier molecular flexibility index (Phi) is 5.04. The summed E-state index contributed by atoms with van der Waals surface area (Å²) in [7, 11) is -3.78. The summed E-state index contributed by atoms with van der Waals surface area (Å²) in [5, 5.41) is 5.91. The fourth-order valence-electron chi connectivity index (χ4n) is 4.07. The molecule has 1 aromatic heterocycles. The number of ketones is 1. The van der Waals surface area contributed by atoms with Gasteiger partial charge in [0.2, 0.25) is 10.0 Å². The second-order valence-corrected chi connectivity index (χ2v) is 10.6.